The van der Waals surface area contributed by atoms with E-state index in [1.807, 2.05) is 19.1 Å². The Morgan fingerprint density at radius 1 is 1.48 bits per heavy atom. The molecule has 3 N–H and O–H groups in total. The standard InChI is InChI=1S/C16H16ClN3O2S/c1-9-11-6-10(17)2-3-13(11)22-14(9)7-19-16(21)12-8-23-15(20-12)4-5-18/h2-3,6,8H,4-5,7,18H2,1H3,(H,19,21). The summed E-state index contributed by atoms with van der Waals surface area (Å²) >= 11 is 7.45. The normalized spacial score (nSPS) is 11.1. The summed E-state index contributed by atoms with van der Waals surface area (Å²) in [5, 5.41) is 7.06. The molecule has 1 aromatic carbocycles. The number of amides is 1. The molecule has 3 aromatic rings. The van der Waals surface area contributed by atoms with Crippen molar-refractivity contribution < 1.29 is 9.21 Å². The van der Waals surface area contributed by atoms with Crippen molar-refractivity contribution in [2.75, 3.05) is 6.54 Å². The number of hydrogen-bond donors (Lipinski definition) is 2. The van der Waals surface area contributed by atoms with Gasteiger partial charge in [-0.3, -0.25) is 4.79 Å². The highest BCUT2D eigenvalue weighted by Crippen LogP contribution is 2.27. The van der Waals surface area contributed by atoms with Gasteiger partial charge in [-0.05, 0) is 31.7 Å². The first-order chi connectivity index (χ1) is 11.1. The maximum Gasteiger partial charge on any atom is 0.271 e. The first-order valence-electron chi connectivity index (χ1n) is 7.18. The fraction of sp³-hybridized carbons (Fsp3) is 0.250. The summed E-state index contributed by atoms with van der Waals surface area (Å²) in [6, 6.07) is 5.47. The van der Waals surface area contributed by atoms with Gasteiger partial charge in [0, 0.05) is 27.8 Å². The van der Waals surface area contributed by atoms with Gasteiger partial charge in [0.05, 0.1) is 11.6 Å². The quantitative estimate of drug-likeness (QED) is 0.740. The molecule has 0 atom stereocenters. The van der Waals surface area contributed by atoms with Crippen LogP contribution < -0.4 is 11.1 Å². The Balaban J connectivity index is 1.72. The average Bonchev–Trinajstić information content (AvgIpc) is 3.11. The van der Waals surface area contributed by atoms with E-state index in [2.05, 4.69) is 10.3 Å². The third-order valence-electron chi connectivity index (χ3n) is 3.55. The summed E-state index contributed by atoms with van der Waals surface area (Å²) in [6.45, 7) is 2.78. The minimum atomic E-state index is -0.220. The van der Waals surface area contributed by atoms with Crippen LogP contribution in [0.15, 0.2) is 28.0 Å². The number of rotatable bonds is 5. The maximum absolute atomic E-state index is 12.2. The molecule has 2 aromatic heterocycles. The molecule has 0 bridgehead atoms. The minimum Gasteiger partial charge on any atom is -0.459 e. The number of carbonyl (C=O) groups is 1. The zero-order valence-corrected chi connectivity index (χ0v) is 14.1. The number of nitrogens with two attached hydrogens (primary N) is 1. The second-order valence-corrected chi connectivity index (χ2v) is 6.52. The lowest BCUT2D eigenvalue weighted by molar-refractivity contribution is 0.0943. The molecule has 23 heavy (non-hydrogen) atoms. The summed E-state index contributed by atoms with van der Waals surface area (Å²) in [4.78, 5) is 16.4. The number of fused-ring (bicyclic) bond motifs is 1. The summed E-state index contributed by atoms with van der Waals surface area (Å²) in [6.07, 6.45) is 0.682. The van der Waals surface area contributed by atoms with Gasteiger partial charge < -0.3 is 15.5 Å². The van der Waals surface area contributed by atoms with Crippen molar-refractivity contribution in [3.63, 3.8) is 0 Å². The van der Waals surface area contributed by atoms with Crippen molar-refractivity contribution in [1.29, 1.82) is 0 Å². The Hall–Kier alpha value is -1.89. The largest absolute Gasteiger partial charge is 0.459 e. The number of nitrogens with zero attached hydrogens (tertiary/aromatic N) is 1. The molecule has 3 rings (SSSR count). The molecule has 0 saturated heterocycles. The van der Waals surface area contributed by atoms with Crippen LogP contribution in [0.1, 0.15) is 26.8 Å². The van der Waals surface area contributed by atoms with E-state index in [1.54, 1.807) is 11.4 Å². The van der Waals surface area contributed by atoms with Crippen molar-refractivity contribution in [1.82, 2.24) is 10.3 Å². The fourth-order valence-electron chi connectivity index (χ4n) is 2.32. The molecule has 2 heterocycles. The van der Waals surface area contributed by atoms with Gasteiger partial charge in [-0.15, -0.1) is 11.3 Å². The molecule has 0 saturated carbocycles. The molecule has 0 fully saturated rings. The molecule has 120 valence electrons. The van der Waals surface area contributed by atoms with Crippen molar-refractivity contribution in [2.45, 2.75) is 19.9 Å². The van der Waals surface area contributed by atoms with Crippen LogP contribution in [0.3, 0.4) is 0 Å². The lowest BCUT2D eigenvalue weighted by Crippen LogP contribution is -2.23. The second kappa shape index (κ2) is 6.70. The highest BCUT2D eigenvalue weighted by Gasteiger charge is 2.14. The van der Waals surface area contributed by atoms with Gasteiger partial charge in [0.1, 0.15) is 17.0 Å². The number of furan rings is 1. The first-order valence-corrected chi connectivity index (χ1v) is 8.44. The van der Waals surface area contributed by atoms with Crippen LogP contribution in [-0.4, -0.2) is 17.4 Å². The Morgan fingerprint density at radius 2 is 2.30 bits per heavy atom. The number of nitrogens with one attached hydrogen (secondary N) is 1. The SMILES string of the molecule is Cc1c(CNC(=O)c2csc(CCN)n2)oc2ccc(Cl)cc12. The lowest BCUT2D eigenvalue weighted by Gasteiger charge is -2.01. The number of thiazole rings is 1. The van der Waals surface area contributed by atoms with Gasteiger partial charge in [0.25, 0.3) is 5.91 Å². The van der Waals surface area contributed by atoms with Crippen LogP contribution in [0.5, 0.6) is 0 Å². The Labute approximate surface area is 142 Å². The number of benzene rings is 1. The molecule has 7 heteroatoms. The smallest absolute Gasteiger partial charge is 0.271 e. The van der Waals surface area contributed by atoms with Crippen LogP contribution in [0, 0.1) is 6.92 Å². The molecule has 0 aliphatic carbocycles. The van der Waals surface area contributed by atoms with E-state index in [0.29, 0.717) is 36.0 Å². The zero-order valence-electron chi connectivity index (χ0n) is 12.6. The Morgan fingerprint density at radius 3 is 3.09 bits per heavy atom. The van der Waals surface area contributed by atoms with Gasteiger partial charge in [-0.2, -0.15) is 0 Å². The highest BCUT2D eigenvalue weighted by atomic mass is 35.5. The van der Waals surface area contributed by atoms with Crippen LogP contribution in [0.4, 0.5) is 0 Å². The predicted octanol–water partition coefficient (Wildman–Crippen LogP) is 3.28. The van der Waals surface area contributed by atoms with E-state index in [-0.39, 0.29) is 5.91 Å². The maximum atomic E-state index is 12.2. The summed E-state index contributed by atoms with van der Waals surface area (Å²) < 4.78 is 5.78. The van der Waals surface area contributed by atoms with Crippen LogP contribution in [0.25, 0.3) is 11.0 Å². The van der Waals surface area contributed by atoms with E-state index in [1.165, 1.54) is 11.3 Å². The molecule has 0 unspecified atom stereocenters. The average molecular weight is 350 g/mol. The summed E-state index contributed by atoms with van der Waals surface area (Å²) in [5.74, 6) is 0.496. The van der Waals surface area contributed by atoms with E-state index in [0.717, 1.165) is 21.5 Å². The molecule has 5 nitrogen and oxygen atoms in total. The highest BCUT2D eigenvalue weighted by molar-refractivity contribution is 7.09. The van der Waals surface area contributed by atoms with Crippen molar-refractivity contribution >= 4 is 39.8 Å². The molecule has 0 spiro atoms. The van der Waals surface area contributed by atoms with Crippen LogP contribution in [0.2, 0.25) is 5.02 Å². The van der Waals surface area contributed by atoms with Gasteiger partial charge in [-0.25, -0.2) is 4.98 Å². The monoisotopic (exact) mass is 349 g/mol. The van der Waals surface area contributed by atoms with Gasteiger partial charge in [0.15, 0.2) is 0 Å². The van der Waals surface area contributed by atoms with E-state index >= 15 is 0 Å². The molecule has 1 amide bonds. The van der Waals surface area contributed by atoms with Gasteiger partial charge in [-0.1, -0.05) is 11.6 Å². The van der Waals surface area contributed by atoms with Crippen LogP contribution >= 0.6 is 22.9 Å². The minimum absolute atomic E-state index is 0.220. The first kappa shape index (κ1) is 16.0. The predicted molar refractivity (Wildman–Crippen MR) is 92.0 cm³/mol. The van der Waals surface area contributed by atoms with Crippen LogP contribution in [-0.2, 0) is 13.0 Å². The number of halogens is 1. The second-order valence-electron chi connectivity index (χ2n) is 5.14. The number of carbonyl (C=O) groups excluding carboxylic acids is 1. The fourth-order valence-corrected chi connectivity index (χ4v) is 3.28. The van der Waals surface area contributed by atoms with Crippen molar-refractivity contribution in [2.24, 2.45) is 5.73 Å². The van der Waals surface area contributed by atoms with Gasteiger partial charge >= 0.3 is 0 Å². The number of aromatic nitrogens is 1. The Bertz CT molecular complexity index is 856. The van der Waals surface area contributed by atoms with E-state index in [4.69, 9.17) is 21.8 Å². The Kier molecular flexibility index (Phi) is 4.66. The topological polar surface area (TPSA) is 81.2 Å². The number of hydrogen-bond acceptors (Lipinski definition) is 5. The summed E-state index contributed by atoms with van der Waals surface area (Å²) in [5.41, 5.74) is 7.64. The molecular weight excluding hydrogens is 334 g/mol. The van der Waals surface area contributed by atoms with Gasteiger partial charge in [0.2, 0.25) is 0 Å². The third-order valence-corrected chi connectivity index (χ3v) is 4.69. The number of aryl methyl sites for hydroxylation is 1. The molecule has 0 aliphatic rings. The third kappa shape index (κ3) is 3.39. The summed E-state index contributed by atoms with van der Waals surface area (Å²) in [7, 11) is 0. The van der Waals surface area contributed by atoms with E-state index < -0.39 is 0 Å². The van der Waals surface area contributed by atoms with Crippen molar-refractivity contribution in [3.05, 3.63) is 50.6 Å². The van der Waals surface area contributed by atoms with Crippen molar-refractivity contribution in [3.8, 4) is 0 Å². The van der Waals surface area contributed by atoms with E-state index in [9.17, 15) is 4.79 Å². The molecular formula is C16H16ClN3O2S. The molecule has 0 radical (unpaired) electrons. The zero-order chi connectivity index (χ0) is 16.4. The molecule has 0 aliphatic heterocycles. The lowest BCUT2D eigenvalue weighted by atomic mass is 10.1.